The number of ether oxygens (including phenoxy) is 1. The molecular formula is C27H35N4O9P. The number of carbonyl (C=O) groups is 4. The number of aromatic nitrogens is 1. The van der Waals surface area contributed by atoms with E-state index >= 15 is 0 Å². The fraction of sp³-hybridized carbons (Fsp3) is 0.556. The van der Waals surface area contributed by atoms with Gasteiger partial charge in [-0.25, -0.2) is 4.57 Å². The Hall–Kier alpha value is -3.25. The number of fused-ring (bicyclic) bond motifs is 2. The van der Waals surface area contributed by atoms with Crippen LogP contribution in [0.1, 0.15) is 49.0 Å². The van der Waals surface area contributed by atoms with Crippen molar-refractivity contribution in [1.29, 1.82) is 0 Å². The number of likely N-dealkylation sites (tertiary alicyclic amines) is 1. The molecule has 3 heterocycles. The lowest BCUT2D eigenvalue weighted by Gasteiger charge is -2.30. The maximum atomic E-state index is 13.9. The molecule has 222 valence electrons. The molecule has 41 heavy (non-hydrogen) atoms. The molecule has 14 heteroatoms. The standard InChI is InChI=1S/C27H35N4O9P/c1-39-23-9-3-8-19-18(23)12-21(29-19)27(35)31-13-16-5-2-7-17(16)24(31)26(34)30-20(22(32)14-40-41(36,37)38)11-15-6-4-10-28-25(15)33/h3,8-9,12,15-17,20,24,29H,2,4-7,10-11,13-14H2,1H3,(H,28,33)(H,30,34)(H2,36,37,38)/t15-,16-,17-,20-,24-/m0/s1. The molecule has 5 rings (SSSR count). The second kappa shape index (κ2) is 11.9. The largest absolute Gasteiger partial charge is 0.496 e. The van der Waals surface area contributed by atoms with Gasteiger partial charge in [-0.1, -0.05) is 12.5 Å². The Kier molecular flexibility index (Phi) is 8.51. The zero-order valence-electron chi connectivity index (χ0n) is 22.7. The van der Waals surface area contributed by atoms with Crippen molar-refractivity contribution >= 4 is 42.2 Å². The van der Waals surface area contributed by atoms with Crippen molar-refractivity contribution in [3.05, 3.63) is 30.0 Å². The minimum absolute atomic E-state index is 0.0441. The van der Waals surface area contributed by atoms with Crippen molar-refractivity contribution in [3.63, 3.8) is 0 Å². The summed E-state index contributed by atoms with van der Waals surface area (Å²) in [6, 6.07) is 5.06. The quantitative estimate of drug-likeness (QED) is 0.256. The first-order valence-corrected chi connectivity index (χ1v) is 15.4. The van der Waals surface area contributed by atoms with Crippen LogP contribution in [-0.4, -0.2) is 82.1 Å². The molecule has 3 fully saturated rings. The van der Waals surface area contributed by atoms with Crippen LogP contribution in [0.25, 0.3) is 10.9 Å². The van der Waals surface area contributed by atoms with Crippen molar-refractivity contribution in [3.8, 4) is 5.75 Å². The molecule has 1 aliphatic carbocycles. The molecule has 1 aromatic carbocycles. The van der Waals surface area contributed by atoms with Gasteiger partial charge in [0.05, 0.1) is 13.2 Å². The van der Waals surface area contributed by atoms with Crippen LogP contribution in [0, 0.1) is 17.8 Å². The maximum absolute atomic E-state index is 13.9. The fourth-order valence-electron chi connectivity index (χ4n) is 6.55. The highest BCUT2D eigenvalue weighted by Gasteiger charge is 2.50. The van der Waals surface area contributed by atoms with Crippen molar-refractivity contribution in [2.24, 2.45) is 17.8 Å². The van der Waals surface area contributed by atoms with Gasteiger partial charge < -0.3 is 35.0 Å². The number of H-pyrrole nitrogens is 1. The van der Waals surface area contributed by atoms with E-state index in [0.717, 1.165) is 30.2 Å². The average Bonchev–Trinajstić information content (AvgIpc) is 3.66. The molecule has 5 atom stereocenters. The maximum Gasteiger partial charge on any atom is 0.470 e. The van der Waals surface area contributed by atoms with Gasteiger partial charge >= 0.3 is 7.82 Å². The number of carbonyl (C=O) groups excluding carboxylic acids is 4. The first-order valence-electron chi connectivity index (χ1n) is 13.8. The molecule has 1 aromatic heterocycles. The zero-order valence-corrected chi connectivity index (χ0v) is 23.6. The van der Waals surface area contributed by atoms with Gasteiger partial charge in [0.15, 0.2) is 5.78 Å². The van der Waals surface area contributed by atoms with Crippen molar-refractivity contribution in [1.82, 2.24) is 20.5 Å². The van der Waals surface area contributed by atoms with E-state index in [1.165, 1.54) is 0 Å². The van der Waals surface area contributed by atoms with Crippen LogP contribution in [0.5, 0.6) is 5.75 Å². The Morgan fingerprint density at radius 2 is 2.00 bits per heavy atom. The number of amides is 3. The molecule has 5 N–H and O–H groups in total. The first kappa shape index (κ1) is 29.2. The van der Waals surface area contributed by atoms with E-state index in [-0.39, 0.29) is 30.1 Å². The van der Waals surface area contributed by atoms with Gasteiger partial charge in [0.2, 0.25) is 11.8 Å². The topological polar surface area (TPSA) is 187 Å². The van der Waals surface area contributed by atoms with E-state index in [1.54, 1.807) is 24.1 Å². The first-order chi connectivity index (χ1) is 19.6. The highest BCUT2D eigenvalue weighted by molar-refractivity contribution is 7.46. The number of phosphoric ester groups is 1. The molecule has 2 aromatic rings. The van der Waals surface area contributed by atoms with Crippen LogP contribution in [0.15, 0.2) is 24.3 Å². The van der Waals surface area contributed by atoms with E-state index < -0.39 is 44.1 Å². The molecular weight excluding hydrogens is 555 g/mol. The summed E-state index contributed by atoms with van der Waals surface area (Å²) >= 11 is 0. The van der Waals surface area contributed by atoms with Gasteiger partial charge in [0.1, 0.15) is 24.1 Å². The van der Waals surface area contributed by atoms with Crippen LogP contribution < -0.4 is 15.4 Å². The molecule has 0 unspecified atom stereocenters. The zero-order chi connectivity index (χ0) is 29.3. The number of ketones is 1. The lowest BCUT2D eigenvalue weighted by Crippen LogP contribution is -2.54. The Bertz CT molecular complexity index is 1390. The van der Waals surface area contributed by atoms with Crippen LogP contribution in [0.3, 0.4) is 0 Å². The third-order valence-corrected chi connectivity index (χ3v) is 8.96. The number of hydrogen-bond donors (Lipinski definition) is 5. The SMILES string of the molecule is COc1cccc2[nH]c(C(=O)N3C[C@@H]4CCC[C@@H]4[C@H]3C(=O)N[C@@H](C[C@@H]3CCCNC3=O)C(=O)COP(=O)(O)O)cc12. The smallest absolute Gasteiger partial charge is 0.470 e. The average molecular weight is 591 g/mol. The Labute approximate surface area is 236 Å². The number of hydrogen-bond acceptors (Lipinski definition) is 7. The number of aromatic amines is 1. The summed E-state index contributed by atoms with van der Waals surface area (Å²) in [5.74, 6) is -1.82. The molecule has 0 bridgehead atoms. The van der Waals surface area contributed by atoms with Crippen LogP contribution in [-0.2, 0) is 23.5 Å². The van der Waals surface area contributed by atoms with Crippen molar-refractivity contribution < 1.29 is 42.8 Å². The van der Waals surface area contributed by atoms with E-state index in [1.807, 2.05) is 12.1 Å². The van der Waals surface area contributed by atoms with E-state index in [0.29, 0.717) is 37.4 Å². The number of phosphoric acid groups is 1. The summed E-state index contributed by atoms with van der Waals surface area (Å²) < 4.78 is 21.1. The second-order valence-electron chi connectivity index (χ2n) is 11.0. The van der Waals surface area contributed by atoms with Crippen LogP contribution in [0.4, 0.5) is 0 Å². The van der Waals surface area contributed by atoms with E-state index in [2.05, 4.69) is 20.1 Å². The lowest BCUT2D eigenvalue weighted by atomic mass is 9.89. The Morgan fingerprint density at radius 3 is 2.73 bits per heavy atom. The normalized spacial score (nSPS) is 25.0. The number of nitrogens with one attached hydrogen (secondary N) is 3. The van der Waals surface area contributed by atoms with Crippen LogP contribution in [0.2, 0.25) is 0 Å². The van der Waals surface area contributed by atoms with Gasteiger partial charge in [-0.3, -0.25) is 23.7 Å². The minimum Gasteiger partial charge on any atom is -0.496 e. The molecule has 1 saturated carbocycles. The molecule has 0 spiro atoms. The number of nitrogens with zero attached hydrogens (tertiary/aromatic N) is 1. The highest BCUT2D eigenvalue weighted by atomic mass is 31.2. The monoisotopic (exact) mass is 590 g/mol. The number of Topliss-reactive ketones (excluding diaryl/α,β-unsaturated/α-hetero) is 1. The summed E-state index contributed by atoms with van der Waals surface area (Å²) in [5, 5.41) is 6.21. The van der Waals surface area contributed by atoms with Gasteiger partial charge in [-0.2, -0.15) is 0 Å². The summed E-state index contributed by atoms with van der Waals surface area (Å²) in [6.45, 7) is -0.0255. The van der Waals surface area contributed by atoms with Crippen LogP contribution >= 0.6 is 7.82 Å². The molecule has 3 amide bonds. The minimum atomic E-state index is -4.94. The molecule has 3 aliphatic rings. The molecule has 0 radical (unpaired) electrons. The molecule has 13 nitrogen and oxygen atoms in total. The third-order valence-electron chi connectivity index (χ3n) is 8.49. The predicted molar refractivity (Wildman–Crippen MR) is 146 cm³/mol. The number of piperidine rings is 1. The van der Waals surface area contributed by atoms with Crippen molar-refractivity contribution in [2.45, 2.75) is 50.6 Å². The van der Waals surface area contributed by atoms with Gasteiger partial charge in [0.25, 0.3) is 5.91 Å². The highest BCUT2D eigenvalue weighted by Crippen LogP contribution is 2.43. The summed E-state index contributed by atoms with van der Waals surface area (Å²) in [5.41, 5.74) is 1.03. The van der Waals surface area contributed by atoms with Crippen molar-refractivity contribution in [2.75, 3.05) is 26.8 Å². The van der Waals surface area contributed by atoms with Gasteiger partial charge in [0, 0.05) is 29.9 Å². The Balaban J connectivity index is 1.39. The lowest BCUT2D eigenvalue weighted by molar-refractivity contribution is -0.133. The second-order valence-corrected chi connectivity index (χ2v) is 12.3. The molecule has 2 saturated heterocycles. The number of benzene rings is 1. The number of rotatable bonds is 10. The summed E-state index contributed by atoms with van der Waals surface area (Å²) in [6.07, 6.45) is 3.71. The summed E-state index contributed by atoms with van der Waals surface area (Å²) in [4.78, 5) is 76.0. The van der Waals surface area contributed by atoms with E-state index in [4.69, 9.17) is 14.5 Å². The third kappa shape index (κ3) is 6.33. The Morgan fingerprint density at radius 1 is 1.20 bits per heavy atom. The van der Waals surface area contributed by atoms with Gasteiger partial charge in [-0.05, 0) is 62.1 Å². The number of methoxy groups -OCH3 is 1. The van der Waals surface area contributed by atoms with Gasteiger partial charge in [-0.15, -0.1) is 0 Å². The summed E-state index contributed by atoms with van der Waals surface area (Å²) in [7, 11) is -3.39. The predicted octanol–water partition coefficient (Wildman–Crippen LogP) is 1.50. The fourth-order valence-corrected chi connectivity index (χ4v) is 6.84. The molecule has 2 aliphatic heterocycles. The van der Waals surface area contributed by atoms with E-state index in [9.17, 15) is 23.7 Å².